The molecule has 0 bridgehead atoms. The number of rotatable bonds is 6. The summed E-state index contributed by atoms with van der Waals surface area (Å²) in [5, 5.41) is 0. The van der Waals surface area contributed by atoms with Gasteiger partial charge in [-0.1, -0.05) is 43.7 Å². The smallest absolute Gasteiger partial charge is 0.160 e. The maximum Gasteiger partial charge on any atom is 0.160 e. The Morgan fingerprint density at radius 2 is 2.00 bits per heavy atom. The number of hydrogen-bond acceptors (Lipinski definition) is 2. The van der Waals surface area contributed by atoms with Crippen molar-refractivity contribution < 1.29 is 9.47 Å². The highest BCUT2D eigenvalue weighted by Gasteiger charge is 2.01. The highest BCUT2D eigenvalue weighted by atomic mass is 16.5. The molecule has 0 unspecified atom stereocenters. The van der Waals surface area contributed by atoms with E-state index in [2.05, 4.69) is 6.92 Å². The van der Waals surface area contributed by atoms with Crippen LogP contribution in [0.3, 0.4) is 0 Å². The Hall–Kier alpha value is -1.44. The van der Waals surface area contributed by atoms with Crippen LogP contribution in [0.1, 0.15) is 25.3 Å². The first-order chi connectivity index (χ1) is 7.38. The van der Waals surface area contributed by atoms with Gasteiger partial charge in [0, 0.05) is 5.56 Å². The van der Waals surface area contributed by atoms with Gasteiger partial charge in [0.1, 0.15) is 6.26 Å². The maximum atomic E-state index is 5.65. The second-order valence-corrected chi connectivity index (χ2v) is 3.29. The molecule has 0 saturated heterocycles. The number of benzene rings is 1. The molecule has 0 fully saturated rings. The van der Waals surface area contributed by atoms with E-state index in [4.69, 9.17) is 9.47 Å². The predicted molar refractivity (Wildman–Crippen MR) is 62.3 cm³/mol. The number of hydrogen-bond donors (Lipinski definition) is 0. The SMILES string of the molecule is CCCCO/C(=C/OC)c1ccccc1. The summed E-state index contributed by atoms with van der Waals surface area (Å²) >= 11 is 0. The van der Waals surface area contributed by atoms with Crippen LogP contribution in [0.15, 0.2) is 36.6 Å². The van der Waals surface area contributed by atoms with Crippen LogP contribution in [-0.4, -0.2) is 13.7 Å². The van der Waals surface area contributed by atoms with E-state index in [0.717, 1.165) is 30.8 Å². The number of ether oxygens (including phenoxy) is 2. The highest BCUT2D eigenvalue weighted by molar-refractivity contribution is 5.58. The van der Waals surface area contributed by atoms with Crippen molar-refractivity contribution in [1.82, 2.24) is 0 Å². The van der Waals surface area contributed by atoms with Crippen molar-refractivity contribution in [3.05, 3.63) is 42.2 Å². The van der Waals surface area contributed by atoms with Gasteiger partial charge in [0.25, 0.3) is 0 Å². The third-order valence-electron chi connectivity index (χ3n) is 2.04. The van der Waals surface area contributed by atoms with Crippen molar-refractivity contribution in [2.45, 2.75) is 19.8 Å². The lowest BCUT2D eigenvalue weighted by atomic mass is 10.2. The summed E-state index contributed by atoms with van der Waals surface area (Å²) in [5.74, 6) is 0.798. The molecule has 0 N–H and O–H groups in total. The van der Waals surface area contributed by atoms with E-state index >= 15 is 0 Å². The first kappa shape index (κ1) is 11.6. The molecule has 0 aliphatic carbocycles. The minimum absolute atomic E-state index is 0.737. The quantitative estimate of drug-likeness (QED) is 0.524. The van der Waals surface area contributed by atoms with E-state index in [1.807, 2.05) is 30.3 Å². The van der Waals surface area contributed by atoms with Crippen LogP contribution >= 0.6 is 0 Å². The molecule has 0 aromatic heterocycles. The van der Waals surface area contributed by atoms with E-state index in [-0.39, 0.29) is 0 Å². The molecular formula is C13H18O2. The molecule has 0 radical (unpaired) electrons. The largest absolute Gasteiger partial charge is 0.500 e. The van der Waals surface area contributed by atoms with Gasteiger partial charge in [-0.25, -0.2) is 0 Å². The molecule has 2 nitrogen and oxygen atoms in total. The monoisotopic (exact) mass is 206 g/mol. The van der Waals surface area contributed by atoms with Crippen LogP contribution in [0.25, 0.3) is 5.76 Å². The lowest BCUT2D eigenvalue weighted by Crippen LogP contribution is -1.95. The molecule has 0 amide bonds. The minimum Gasteiger partial charge on any atom is -0.500 e. The van der Waals surface area contributed by atoms with Crippen LogP contribution in [0, 0.1) is 0 Å². The fraction of sp³-hybridized carbons (Fsp3) is 0.385. The van der Waals surface area contributed by atoms with Crippen molar-refractivity contribution >= 4 is 5.76 Å². The Balaban J connectivity index is 2.63. The zero-order chi connectivity index (χ0) is 10.9. The summed E-state index contributed by atoms with van der Waals surface area (Å²) in [6.07, 6.45) is 3.84. The molecule has 0 aliphatic rings. The minimum atomic E-state index is 0.737. The summed E-state index contributed by atoms with van der Waals surface area (Å²) in [7, 11) is 1.63. The topological polar surface area (TPSA) is 18.5 Å². The lowest BCUT2D eigenvalue weighted by Gasteiger charge is -2.09. The second-order valence-electron chi connectivity index (χ2n) is 3.29. The van der Waals surface area contributed by atoms with Gasteiger partial charge < -0.3 is 9.47 Å². The molecule has 15 heavy (non-hydrogen) atoms. The van der Waals surface area contributed by atoms with Crippen LogP contribution in [0.4, 0.5) is 0 Å². The molecule has 0 spiro atoms. The fourth-order valence-corrected chi connectivity index (χ4v) is 1.22. The molecule has 0 aliphatic heterocycles. The van der Waals surface area contributed by atoms with Gasteiger partial charge in [0.05, 0.1) is 13.7 Å². The van der Waals surface area contributed by atoms with Gasteiger partial charge in [0.2, 0.25) is 0 Å². The molecular weight excluding hydrogens is 188 g/mol. The average molecular weight is 206 g/mol. The molecule has 1 rings (SSSR count). The second kappa shape index (κ2) is 6.93. The van der Waals surface area contributed by atoms with Crippen LogP contribution in [-0.2, 0) is 9.47 Å². The summed E-state index contributed by atoms with van der Waals surface area (Å²) in [5.41, 5.74) is 1.05. The van der Waals surface area contributed by atoms with Crippen LogP contribution in [0.5, 0.6) is 0 Å². The molecule has 2 heteroatoms. The lowest BCUT2D eigenvalue weighted by molar-refractivity contribution is 0.250. The summed E-state index contributed by atoms with van der Waals surface area (Å²) in [6.45, 7) is 2.88. The highest BCUT2D eigenvalue weighted by Crippen LogP contribution is 2.15. The Morgan fingerprint density at radius 3 is 2.60 bits per heavy atom. The van der Waals surface area contributed by atoms with E-state index in [9.17, 15) is 0 Å². The van der Waals surface area contributed by atoms with Crippen LogP contribution < -0.4 is 0 Å². The molecule has 1 aromatic carbocycles. The van der Waals surface area contributed by atoms with Crippen molar-refractivity contribution in [2.75, 3.05) is 13.7 Å². The van der Waals surface area contributed by atoms with Crippen molar-refractivity contribution in [2.24, 2.45) is 0 Å². The predicted octanol–water partition coefficient (Wildman–Crippen LogP) is 3.45. The molecule has 0 heterocycles. The Bertz CT molecular complexity index is 291. The molecule has 0 saturated carbocycles. The first-order valence-electron chi connectivity index (χ1n) is 5.29. The normalized spacial score (nSPS) is 11.2. The Labute approximate surface area is 91.5 Å². The van der Waals surface area contributed by atoms with E-state index in [0.29, 0.717) is 0 Å². The molecule has 1 aromatic rings. The van der Waals surface area contributed by atoms with Crippen molar-refractivity contribution in [1.29, 1.82) is 0 Å². The molecule has 82 valence electrons. The first-order valence-corrected chi connectivity index (χ1v) is 5.29. The van der Waals surface area contributed by atoms with Gasteiger partial charge in [0.15, 0.2) is 5.76 Å². The summed E-state index contributed by atoms with van der Waals surface area (Å²) in [6, 6.07) is 9.98. The summed E-state index contributed by atoms with van der Waals surface area (Å²) < 4.78 is 10.6. The van der Waals surface area contributed by atoms with Crippen LogP contribution in [0.2, 0.25) is 0 Å². The van der Waals surface area contributed by atoms with E-state index in [1.54, 1.807) is 13.4 Å². The fourth-order valence-electron chi connectivity index (χ4n) is 1.22. The molecule has 0 atom stereocenters. The zero-order valence-corrected chi connectivity index (χ0v) is 9.40. The van der Waals surface area contributed by atoms with Gasteiger partial charge in [-0.15, -0.1) is 0 Å². The average Bonchev–Trinajstić information content (AvgIpc) is 2.29. The van der Waals surface area contributed by atoms with Gasteiger partial charge in [-0.3, -0.25) is 0 Å². The Kier molecular flexibility index (Phi) is 5.38. The maximum absolute atomic E-state index is 5.65. The van der Waals surface area contributed by atoms with Gasteiger partial charge >= 0.3 is 0 Å². The number of unbranched alkanes of at least 4 members (excludes halogenated alkanes) is 1. The van der Waals surface area contributed by atoms with Crippen molar-refractivity contribution in [3.8, 4) is 0 Å². The van der Waals surface area contributed by atoms with E-state index in [1.165, 1.54) is 0 Å². The third-order valence-corrected chi connectivity index (χ3v) is 2.04. The van der Waals surface area contributed by atoms with Crippen molar-refractivity contribution in [3.63, 3.8) is 0 Å². The van der Waals surface area contributed by atoms with Gasteiger partial charge in [-0.2, -0.15) is 0 Å². The number of methoxy groups -OCH3 is 1. The standard InChI is InChI=1S/C13H18O2/c1-3-4-10-15-13(11-14-2)12-8-6-5-7-9-12/h5-9,11H,3-4,10H2,1-2H3/b13-11+. The zero-order valence-electron chi connectivity index (χ0n) is 9.40. The van der Waals surface area contributed by atoms with E-state index < -0.39 is 0 Å². The Morgan fingerprint density at radius 1 is 1.27 bits per heavy atom. The van der Waals surface area contributed by atoms with Gasteiger partial charge in [-0.05, 0) is 6.42 Å². The third kappa shape index (κ3) is 4.07. The summed E-state index contributed by atoms with van der Waals surface area (Å²) in [4.78, 5) is 0.